The molecule has 3 aromatic heterocycles. The average molecular weight is 221 g/mol. The summed E-state index contributed by atoms with van der Waals surface area (Å²) in [6, 6.07) is 6.00. The summed E-state index contributed by atoms with van der Waals surface area (Å²) in [6.07, 6.45) is 9.03. The maximum atomic E-state index is 5.06. The van der Waals surface area contributed by atoms with Crippen molar-refractivity contribution in [3.63, 3.8) is 0 Å². The molecule has 3 rings (SSSR count). The van der Waals surface area contributed by atoms with E-state index in [1.165, 1.54) is 0 Å². The van der Waals surface area contributed by atoms with E-state index in [1.807, 2.05) is 28.9 Å². The second-order valence-corrected chi connectivity index (χ2v) is 3.12. The molecule has 0 aliphatic heterocycles. The zero-order valence-electron chi connectivity index (χ0n) is 7.83. The minimum atomic E-state index is 0. The van der Waals surface area contributed by atoms with E-state index in [4.69, 9.17) is 4.42 Å². The maximum Gasteiger partial charge on any atom is 0.0992 e. The van der Waals surface area contributed by atoms with Crippen molar-refractivity contribution in [2.75, 3.05) is 0 Å². The van der Waals surface area contributed by atoms with E-state index < -0.39 is 0 Å². The predicted molar refractivity (Wildman–Crippen MR) is 60.1 cm³/mol. The number of aromatic nitrogens is 2. The monoisotopic (exact) mass is 220 g/mol. The van der Waals surface area contributed by atoms with Crippen LogP contribution in [0.15, 0.2) is 53.9 Å². The summed E-state index contributed by atoms with van der Waals surface area (Å²) in [7, 11) is 0. The number of furan rings is 1. The summed E-state index contributed by atoms with van der Waals surface area (Å²) in [4.78, 5) is 4.10. The van der Waals surface area contributed by atoms with Crippen molar-refractivity contribution in [3.05, 3.63) is 49.4 Å². The third-order valence-corrected chi connectivity index (χ3v) is 2.28. The number of hydrogen-bond donors (Lipinski definition) is 0. The molecule has 15 heavy (non-hydrogen) atoms. The van der Waals surface area contributed by atoms with Gasteiger partial charge in [0.2, 0.25) is 0 Å². The van der Waals surface area contributed by atoms with Gasteiger partial charge in [-0.2, -0.15) is 0 Å². The van der Waals surface area contributed by atoms with Gasteiger partial charge in [-0.1, -0.05) is 6.07 Å². The zero-order valence-corrected chi connectivity index (χ0v) is 8.65. The molecular formula is C11H9ClN2O. The number of pyridine rings is 1. The Balaban J connectivity index is 0.000000853. The molecule has 3 aromatic rings. The summed E-state index contributed by atoms with van der Waals surface area (Å²) in [5.74, 6) is 0. The van der Waals surface area contributed by atoms with Crippen LogP contribution < -0.4 is 0 Å². The highest BCUT2D eigenvalue weighted by Crippen LogP contribution is 2.24. The fourth-order valence-corrected chi connectivity index (χ4v) is 1.61. The lowest BCUT2D eigenvalue weighted by molar-refractivity contribution is 0.568. The third kappa shape index (κ3) is 1.51. The Morgan fingerprint density at radius 3 is 3.00 bits per heavy atom. The molecule has 0 saturated heterocycles. The van der Waals surface area contributed by atoms with Crippen LogP contribution in [0.1, 0.15) is 0 Å². The molecule has 0 saturated carbocycles. The fraction of sp³-hybridized carbons (Fsp3) is 0. The smallest absolute Gasteiger partial charge is 0.0992 e. The molecule has 0 amide bonds. The van der Waals surface area contributed by atoms with E-state index in [9.17, 15) is 0 Å². The van der Waals surface area contributed by atoms with Gasteiger partial charge in [0.15, 0.2) is 0 Å². The molecule has 0 aromatic carbocycles. The standard InChI is InChI=1S/C11H8N2O.ClH/c1-2-10(9-3-5-14-7-9)11-6-12-8-13(11)4-1;/h1-8H;1H. The van der Waals surface area contributed by atoms with Gasteiger partial charge in [-0.05, 0) is 12.1 Å². The van der Waals surface area contributed by atoms with Gasteiger partial charge in [0, 0.05) is 17.3 Å². The molecule has 0 fully saturated rings. The first-order valence-electron chi connectivity index (χ1n) is 4.38. The Labute approximate surface area is 92.8 Å². The normalized spacial score (nSPS) is 10.1. The zero-order chi connectivity index (χ0) is 9.38. The first-order valence-corrected chi connectivity index (χ1v) is 4.38. The lowest BCUT2D eigenvalue weighted by atomic mass is 10.1. The Morgan fingerprint density at radius 1 is 1.27 bits per heavy atom. The topological polar surface area (TPSA) is 30.4 Å². The van der Waals surface area contributed by atoms with Gasteiger partial charge in [0.05, 0.1) is 30.6 Å². The number of hydrogen-bond acceptors (Lipinski definition) is 2. The van der Waals surface area contributed by atoms with Gasteiger partial charge in [-0.3, -0.25) is 0 Å². The van der Waals surface area contributed by atoms with Crippen LogP contribution in [0.5, 0.6) is 0 Å². The Morgan fingerprint density at radius 2 is 2.20 bits per heavy atom. The molecule has 0 aliphatic carbocycles. The van der Waals surface area contributed by atoms with Crippen molar-refractivity contribution >= 4 is 17.9 Å². The third-order valence-electron chi connectivity index (χ3n) is 2.28. The molecule has 0 radical (unpaired) electrons. The van der Waals surface area contributed by atoms with Gasteiger partial charge in [-0.25, -0.2) is 4.98 Å². The maximum absolute atomic E-state index is 5.06. The molecule has 3 nitrogen and oxygen atoms in total. The van der Waals surface area contributed by atoms with Crippen molar-refractivity contribution in [3.8, 4) is 11.1 Å². The lowest BCUT2D eigenvalue weighted by Crippen LogP contribution is -1.83. The van der Waals surface area contributed by atoms with Crippen LogP contribution in [-0.2, 0) is 0 Å². The van der Waals surface area contributed by atoms with Crippen LogP contribution in [0.2, 0.25) is 0 Å². The van der Waals surface area contributed by atoms with Crippen molar-refractivity contribution < 1.29 is 4.42 Å². The molecular weight excluding hydrogens is 212 g/mol. The molecule has 3 heterocycles. The van der Waals surface area contributed by atoms with Gasteiger partial charge < -0.3 is 8.82 Å². The lowest BCUT2D eigenvalue weighted by Gasteiger charge is -1.99. The minimum Gasteiger partial charge on any atom is -0.472 e. The predicted octanol–water partition coefficient (Wildman–Crippen LogP) is 3.02. The summed E-state index contributed by atoms with van der Waals surface area (Å²) >= 11 is 0. The van der Waals surface area contributed by atoms with Crippen molar-refractivity contribution in [2.24, 2.45) is 0 Å². The highest BCUT2D eigenvalue weighted by atomic mass is 35.5. The summed E-state index contributed by atoms with van der Waals surface area (Å²) < 4.78 is 7.05. The van der Waals surface area contributed by atoms with Gasteiger partial charge >= 0.3 is 0 Å². The molecule has 0 aliphatic rings. The highest BCUT2D eigenvalue weighted by Gasteiger charge is 2.04. The molecule has 0 spiro atoms. The van der Waals surface area contributed by atoms with E-state index in [0.29, 0.717) is 0 Å². The summed E-state index contributed by atoms with van der Waals surface area (Å²) in [5.41, 5.74) is 3.31. The van der Waals surface area contributed by atoms with Crippen molar-refractivity contribution in [1.82, 2.24) is 9.38 Å². The molecule has 0 bridgehead atoms. The minimum absolute atomic E-state index is 0. The number of imidazole rings is 1. The number of rotatable bonds is 1. The molecule has 0 unspecified atom stereocenters. The van der Waals surface area contributed by atoms with Crippen LogP contribution in [0.4, 0.5) is 0 Å². The molecule has 4 heteroatoms. The molecule has 0 atom stereocenters. The Hall–Kier alpha value is -1.74. The van der Waals surface area contributed by atoms with E-state index in [1.54, 1.807) is 18.9 Å². The summed E-state index contributed by atoms with van der Waals surface area (Å²) in [6.45, 7) is 0. The average Bonchev–Trinajstić information content (AvgIpc) is 2.88. The van der Waals surface area contributed by atoms with Gasteiger partial charge in [-0.15, -0.1) is 12.4 Å². The largest absolute Gasteiger partial charge is 0.472 e. The quantitative estimate of drug-likeness (QED) is 0.631. The number of halogens is 1. The van der Waals surface area contributed by atoms with E-state index in [0.717, 1.165) is 16.6 Å². The first kappa shape index (κ1) is 9.80. The van der Waals surface area contributed by atoms with Gasteiger partial charge in [0.1, 0.15) is 0 Å². The first-order chi connectivity index (χ1) is 6.95. The van der Waals surface area contributed by atoms with E-state index in [2.05, 4.69) is 11.1 Å². The second-order valence-electron chi connectivity index (χ2n) is 3.12. The number of nitrogens with zero attached hydrogens (tertiary/aromatic N) is 2. The van der Waals surface area contributed by atoms with Crippen molar-refractivity contribution in [1.29, 1.82) is 0 Å². The van der Waals surface area contributed by atoms with Crippen LogP contribution in [0.25, 0.3) is 16.6 Å². The summed E-state index contributed by atoms with van der Waals surface area (Å²) in [5, 5.41) is 0. The molecule has 76 valence electrons. The Bertz CT molecular complexity index is 557. The van der Waals surface area contributed by atoms with Crippen molar-refractivity contribution in [2.45, 2.75) is 0 Å². The van der Waals surface area contributed by atoms with E-state index >= 15 is 0 Å². The fourth-order valence-electron chi connectivity index (χ4n) is 1.61. The number of fused-ring (bicyclic) bond motifs is 1. The Kier molecular flexibility index (Phi) is 2.47. The van der Waals surface area contributed by atoms with Crippen LogP contribution in [0, 0.1) is 0 Å². The highest BCUT2D eigenvalue weighted by molar-refractivity contribution is 5.85. The SMILES string of the molecule is Cl.c1cc(-c2ccoc2)c2cncn2c1. The van der Waals surface area contributed by atoms with Crippen LogP contribution in [0.3, 0.4) is 0 Å². The van der Waals surface area contributed by atoms with Crippen LogP contribution in [-0.4, -0.2) is 9.38 Å². The van der Waals surface area contributed by atoms with E-state index in [-0.39, 0.29) is 12.4 Å². The second kappa shape index (κ2) is 3.79. The van der Waals surface area contributed by atoms with Gasteiger partial charge in [0.25, 0.3) is 0 Å². The molecule has 0 N–H and O–H groups in total. The van der Waals surface area contributed by atoms with Crippen LogP contribution >= 0.6 is 12.4 Å².